The van der Waals surface area contributed by atoms with E-state index in [0.29, 0.717) is 11.8 Å². The van der Waals surface area contributed by atoms with Gasteiger partial charge in [-0.1, -0.05) is 33.1 Å². The van der Waals surface area contributed by atoms with Crippen molar-refractivity contribution in [2.24, 2.45) is 5.92 Å². The van der Waals surface area contributed by atoms with Crippen LogP contribution in [0.5, 0.6) is 5.88 Å². The number of halogens is 1. The maximum atomic E-state index is 5.73. The topological polar surface area (TPSA) is 22.1 Å². The molecule has 1 heterocycles. The van der Waals surface area contributed by atoms with Crippen molar-refractivity contribution < 1.29 is 4.74 Å². The van der Waals surface area contributed by atoms with Crippen LogP contribution in [0.1, 0.15) is 39.5 Å². The number of pyridine rings is 1. The van der Waals surface area contributed by atoms with Crippen molar-refractivity contribution in [3.05, 3.63) is 22.8 Å². The Morgan fingerprint density at radius 3 is 2.88 bits per heavy atom. The highest BCUT2D eigenvalue weighted by atomic mass is 79.9. The molecule has 2 nitrogen and oxygen atoms in total. The number of ether oxygens (including phenoxy) is 1. The number of hydrogen-bond donors (Lipinski definition) is 0. The van der Waals surface area contributed by atoms with Gasteiger partial charge in [-0.25, -0.2) is 4.98 Å². The molecule has 0 amide bonds. The molecule has 0 aromatic carbocycles. The van der Waals surface area contributed by atoms with Crippen molar-refractivity contribution in [1.29, 1.82) is 0 Å². The van der Waals surface area contributed by atoms with E-state index in [1.54, 1.807) is 6.20 Å². The quantitative estimate of drug-likeness (QED) is 0.739. The van der Waals surface area contributed by atoms with Crippen LogP contribution in [0.15, 0.2) is 22.8 Å². The van der Waals surface area contributed by atoms with Crippen molar-refractivity contribution >= 4 is 15.9 Å². The molecule has 1 aromatic heterocycles. The molecule has 3 heteroatoms. The molecule has 1 aromatic rings. The minimum Gasteiger partial charge on any atom is -0.477 e. The lowest BCUT2D eigenvalue weighted by atomic mass is 10.0. The van der Waals surface area contributed by atoms with Gasteiger partial charge in [0.05, 0.1) is 11.1 Å². The van der Waals surface area contributed by atoms with Gasteiger partial charge in [0.25, 0.3) is 0 Å². The smallest absolute Gasteiger partial charge is 0.227 e. The summed E-state index contributed by atoms with van der Waals surface area (Å²) in [5, 5.41) is 0. The van der Waals surface area contributed by atoms with Crippen LogP contribution in [0.2, 0.25) is 0 Å². The zero-order valence-corrected chi connectivity index (χ0v) is 11.7. The number of hydrogen-bond acceptors (Lipinski definition) is 2. The van der Waals surface area contributed by atoms with Crippen LogP contribution in [0.3, 0.4) is 0 Å². The third-order valence-corrected chi connectivity index (χ3v) is 3.33. The normalized spacial score (nSPS) is 12.4. The maximum absolute atomic E-state index is 5.73. The van der Waals surface area contributed by atoms with E-state index in [1.165, 1.54) is 25.7 Å². The van der Waals surface area contributed by atoms with E-state index >= 15 is 0 Å². The van der Waals surface area contributed by atoms with Crippen LogP contribution in [-0.2, 0) is 0 Å². The van der Waals surface area contributed by atoms with Crippen molar-refractivity contribution in [2.45, 2.75) is 39.5 Å². The highest BCUT2D eigenvalue weighted by Gasteiger charge is 2.08. The Balaban J connectivity index is 2.40. The standard InChI is InChI=1S/C13H20BrNO/c1-3-5-7-11(4-2)10-16-13-12(14)8-6-9-15-13/h6,8-9,11H,3-5,7,10H2,1-2H3. The van der Waals surface area contributed by atoms with Gasteiger partial charge >= 0.3 is 0 Å². The van der Waals surface area contributed by atoms with Crippen LogP contribution in [0, 0.1) is 5.92 Å². The predicted molar refractivity (Wildman–Crippen MR) is 70.7 cm³/mol. The van der Waals surface area contributed by atoms with E-state index in [-0.39, 0.29) is 0 Å². The molecule has 16 heavy (non-hydrogen) atoms. The summed E-state index contributed by atoms with van der Waals surface area (Å²) in [7, 11) is 0. The second-order valence-electron chi connectivity index (χ2n) is 4.02. The first-order chi connectivity index (χ1) is 7.77. The molecular formula is C13H20BrNO. The minimum absolute atomic E-state index is 0.647. The number of nitrogens with zero attached hydrogens (tertiary/aromatic N) is 1. The van der Waals surface area contributed by atoms with E-state index in [4.69, 9.17) is 4.74 Å². The molecule has 0 aliphatic heterocycles. The first kappa shape index (κ1) is 13.5. The lowest BCUT2D eigenvalue weighted by Crippen LogP contribution is -2.12. The summed E-state index contributed by atoms with van der Waals surface area (Å²) in [5.41, 5.74) is 0. The number of rotatable bonds is 7. The molecule has 0 spiro atoms. The van der Waals surface area contributed by atoms with Crippen LogP contribution in [0.25, 0.3) is 0 Å². The Morgan fingerprint density at radius 1 is 1.44 bits per heavy atom. The average molecular weight is 286 g/mol. The Kier molecular flexibility index (Phi) is 6.46. The Hall–Kier alpha value is -0.570. The van der Waals surface area contributed by atoms with Crippen molar-refractivity contribution in [2.75, 3.05) is 6.61 Å². The summed E-state index contributed by atoms with van der Waals surface area (Å²) < 4.78 is 6.66. The fourth-order valence-electron chi connectivity index (χ4n) is 1.57. The molecule has 0 saturated heterocycles. The molecule has 0 aliphatic rings. The van der Waals surface area contributed by atoms with Crippen molar-refractivity contribution in [3.8, 4) is 5.88 Å². The lowest BCUT2D eigenvalue weighted by molar-refractivity contribution is 0.224. The molecule has 1 atom stereocenters. The van der Waals surface area contributed by atoms with Crippen molar-refractivity contribution in [3.63, 3.8) is 0 Å². The maximum Gasteiger partial charge on any atom is 0.227 e. The van der Waals surface area contributed by atoms with Gasteiger partial charge in [0.15, 0.2) is 0 Å². The summed E-state index contributed by atoms with van der Waals surface area (Å²) in [6, 6.07) is 3.85. The zero-order valence-electron chi connectivity index (χ0n) is 10.1. The van der Waals surface area contributed by atoms with Gasteiger partial charge in [-0.2, -0.15) is 0 Å². The Bertz CT molecular complexity index is 304. The number of unbranched alkanes of at least 4 members (excludes halogenated alkanes) is 1. The lowest BCUT2D eigenvalue weighted by Gasteiger charge is -2.15. The number of aromatic nitrogens is 1. The van der Waals surface area contributed by atoms with Gasteiger partial charge in [0, 0.05) is 6.20 Å². The monoisotopic (exact) mass is 285 g/mol. The second kappa shape index (κ2) is 7.66. The summed E-state index contributed by atoms with van der Waals surface area (Å²) in [6.45, 7) is 5.21. The molecule has 0 fully saturated rings. The van der Waals surface area contributed by atoms with E-state index in [2.05, 4.69) is 34.8 Å². The Morgan fingerprint density at radius 2 is 2.25 bits per heavy atom. The summed E-state index contributed by atoms with van der Waals surface area (Å²) >= 11 is 3.43. The van der Waals surface area contributed by atoms with E-state index in [0.717, 1.165) is 11.1 Å². The fourth-order valence-corrected chi connectivity index (χ4v) is 1.94. The molecular weight excluding hydrogens is 266 g/mol. The SMILES string of the molecule is CCCCC(CC)COc1ncccc1Br. The largest absolute Gasteiger partial charge is 0.477 e. The van der Waals surface area contributed by atoms with Gasteiger partial charge in [0.2, 0.25) is 5.88 Å². The highest BCUT2D eigenvalue weighted by molar-refractivity contribution is 9.10. The van der Waals surface area contributed by atoms with E-state index in [9.17, 15) is 0 Å². The molecule has 90 valence electrons. The van der Waals surface area contributed by atoms with E-state index in [1.807, 2.05) is 12.1 Å². The highest BCUT2D eigenvalue weighted by Crippen LogP contribution is 2.22. The minimum atomic E-state index is 0.647. The van der Waals surface area contributed by atoms with Crippen molar-refractivity contribution in [1.82, 2.24) is 4.98 Å². The van der Waals surface area contributed by atoms with Gasteiger partial charge in [0.1, 0.15) is 0 Å². The average Bonchev–Trinajstić information content (AvgIpc) is 2.31. The van der Waals surface area contributed by atoms with Gasteiger partial charge < -0.3 is 4.74 Å². The van der Waals surface area contributed by atoms with Gasteiger partial charge in [-0.05, 0) is 40.4 Å². The third kappa shape index (κ3) is 4.52. The molecule has 1 unspecified atom stereocenters. The van der Waals surface area contributed by atoms with Crippen LogP contribution >= 0.6 is 15.9 Å². The predicted octanol–water partition coefficient (Wildman–Crippen LogP) is 4.44. The third-order valence-electron chi connectivity index (χ3n) is 2.72. The fraction of sp³-hybridized carbons (Fsp3) is 0.615. The first-order valence-electron chi connectivity index (χ1n) is 6.01. The second-order valence-corrected chi connectivity index (χ2v) is 4.87. The summed E-state index contributed by atoms with van der Waals surface area (Å²) in [5.74, 6) is 1.35. The molecule has 0 N–H and O–H groups in total. The van der Waals surface area contributed by atoms with Crippen LogP contribution < -0.4 is 4.74 Å². The zero-order chi connectivity index (χ0) is 11.8. The van der Waals surface area contributed by atoms with Crippen LogP contribution in [-0.4, -0.2) is 11.6 Å². The molecule has 0 radical (unpaired) electrons. The molecule has 0 saturated carbocycles. The Labute approximate surface area is 107 Å². The van der Waals surface area contributed by atoms with Gasteiger partial charge in [-0.3, -0.25) is 0 Å². The molecule has 0 bridgehead atoms. The molecule has 1 rings (SSSR count). The summed E-state index contributed by atoms with van der Waals surface area (Å²) in [4.78, 5) is 4.20. The van der Waals surface area contributed by atoms with E-state index < -0.39 is 0 Å². The van der Waals surface area contributed by atoms with Gasteiger partial charge in [-0.15, -0.1) is 0 Å². The first-order valence-corrected chi connectivity index (χ1v) is 6.80. The van der Waals surface area contributed by atoms with Crippen LogP contribution in [0.4, 0.5) is 0 Å². The molecule has 0 aliphatic carbocycles. The summed E-state index contributed by atoms with van der Waals surface area (Å²) in [6.07, 6.45) is 6.71.